The van der Waals surface area contributed by atoms with Crippen LogP contribution in [0.15, 0.2) is 12.5 Å². The molecule has 0 aliphatic rings. The Bertz CT molecular complexity index is 321. The minimum Gasteiger partial charge on any atom is -0.550 e. The first-order valence-electron chi connectivity index (χ1n) is 5.39. The quantitative estimate of drug-likeness (QED) is 0.494. The van der Waals surface area contributed by atoms with Crippen LogP contribution in [-0.4, -0.2) is 27.2 Å². The van der Waals surface area contributed by atoms with Crippen molar-refractivity contribution in [1.29, 1.82) is 0 Å². The van der Waals surface area contributed by atoms with E-state index in [0.29, 0.717) is 6.42 Å². The minimum absolute atomic E-state index is 0. The summed E-state index contributed by atoms with van der Waals surface area (Å²) in [5.74, 6) is -1.43. The van der Waals surface area contributed by atoms with Crippen LogP contribution in [-0.2, 0) is 39.3 Å². The first-order chi connectivity index (χ1) is 7.63. The molecule has 0 aliphatic carbocycles. The Balaban J connectivity index is -0.000000534. The molecule has 1 atom stereocenters. The van der Waals surface area contributed by atoms with E-state index >= 15 is 0 Å². The van der Waals surface area contributed by atoms with Gasteiger partial charge in [0.05, 0.1) is 6.33 Å². The van der Waals surface area contributed by atoms with Crippen molar-refractivity contribution in [2.24, 2.45) is 13.0 Å². The van der Waals surface area contributed by atoms with Crippen LogP contribution in [0.3, 0.4) is 0 Å². The zero-order valence-corrected chi connectivity index (χ0v) is 16.4. The maximum atomic E-state index is 10.3. The van der Waals surface area contributed by atoms with Crippen molar-refractivity contribution in [3.63, 3.8) is 0 Å². The molecule has 1 rings (SSSR count). The Hall–Kier alpha value is 0.328. The molecule has 0 radical (unpaired) electrons. The molecule has 1 aromatic heterocycles. The maximum absolute atomic E-state index is 10.3. The summed E-state index contributed by atoms with van der Waals surface area (Å²) in [6.45, 7) is 3.85. The van der Waals surface area contributed by atoms with Crippen LogP contribution in [0.25, 0.3) is 0 Å². The molecule has 0 aromatic carbocycles. The van der Waals surface area contributed by atoms with Gasteiger partial charge in [-0.2, -0.15) is 0 Å². The third kappa shape index (κ3) is 9.28. The van der Waals surface area contributed by atoms with E-state index in [-0.39, 0.29) is 69.6 Å². The molecule has 98 valence electrons. The van der Waals surface area contributed by atoms with Gasteiger partial charge in [0, 0.05) is 52.6 Å². The van der Waals surface area contributed by atoms with Gasteiger partial charge in [0.1, 0.15) is 0 Å². The summed E-state index contributed by atoms with van der Waals surface area (Å²) in [5, 5.41) is 19.3. The number of rotatable bonds is 5. The molecule has 0 spiro atoms. The van der Waals surface area contributed by atoms with Crippen molar-refractivity contribution >= 4 is 5.97 Å². The van der Waals surface area contributed by atoms with E-state index in [0.717, 1.165) is 5.69 Å². The average Bonchev–Trinajstić information content (AvgIpc) is 2.66. The van der Waals surface area contributed by atoms with Gasteiger partial charge in [-0.3, -0.25) is 0 Å². The number of hydrogen-bond donors (Lipinski definition) is 1. The molecule has 0 saturated heterocycles. The number of aliphatic hydroxyl groups excluding tert-OH is 1. The molecule has 0 fully saturated rings. The summed E-state index contributed by atoms with van der Waals surface area (Å²) in [4.78, 5) is 14.2. The molecule has 0 amide bonds. The van der Waals surface area contributed by atoms with Gasteiger partial charge in [-0.05, 0) is 18.8 Å². The predicted octanol–water partition coefficient (Wildman–Crippen LogP) is -3.26. The Labute approximate surface area is 145 Å². The Morgan fingerprint density at radius 1 is 1.56 bits per heavy atom. The molecule has 7 heteroatoms. The number of carboxylic acid groups (broad SMARTS) is 1. The second-order valence-corrected chi connectivity index (χ2v) is 3.32. The zero-order valence-electron chi connectivity index (χ0n) is 11.4. The van der Waals surface area contributed by atoms with Crippen LogP contribution in [0, 0.1) is 5.92 Å². The Morgan fingerprint density at radius 3 is 2.44 bits per heavy atom. The number of nitrogens with zero attached hydrogens (tertiary/aromatic N) is 2. The van der Waals surface area contributed by atoms with E-state index in [1.807, 2.05) is 20.9 Å². The number of aryl methyl sites for hydroxylation is 1. The van der Waals surface area contributed by atoms with Crippen LogP contribution < -0.4 is 34.7 Å². The predicted molar refractivity (Wildman–Crippen MR) is 58.5 cm³/mol. The van der Waals surface area contributed by atoms with Crippen LogP contribution >= 0.6 is 0 Å². The fourth-order valence-electron chi connectivity index (χ4n) is 1.31. The van der Waals surface area contributed by atoms with Crippen LogP contribution in [0.1, 0.15) is 26.0 Å². The van der Waals surface area contributed by atoms with Crippen LogP contribution in [0.2, 0.25) is 0 Å². The third-order valence-corrected chi connectivity index (χ3v) is 2.13. The molecular formula is C11H19N2NaO3W. The van der Waals surface area contributed by atoms with E-state index in [9.17, 15) is 9.90 Å². The third-order valence-electron chi connectivity index (χ3n) is 2.13. The average molecular weight is 434 g/mol. The molecule has 1 N–H and O–H groups in total. The molecule has 1 heterocycles. The fraction of sp³-hybridized carbons (Fsp3) is 0.636. The number of imidazole rings is 1. The van der Waals surface area contributed by atoms with Gasteiger partial charge in [-0.1, -0.05) is 13.8 Å². The van der Waals surface area contributed by atoms with Gasteiger partial charge in [0.2, 0.25) is 0 Å². The van der Waals surface area contributed by atoms with Gasteiger partial charge in [-0.15, -0.1) is 0 Å². The summed E-state index contributed by atoms with van der Waals surface area (Å²) in [5.41, 5.74) is 0.908. The van der Waals surface area contributed by atoms with E-state index in [1.165, 1.54) is 0 Å². The molecule has 18 heavy (non-hydrogen) atoms. The summed E-state index contributed by atoms with van der Waals surface area (Å²) in [7, 11) is 1.83. The first-order valence-corrected chi connectivity index (χ1v) is 5.39. The van der Waals surface area contributed by atoms with Gasteiger partial charge in [0.15, 0.2) is 0 Å². The summed E-state index contributed by atoms with van der Waals surface area (Å²) in [6.07, 6.45) is 3.68. The second-order valence-electron chi connectivity index (χ2n) is 3.32. The molecule has 1 aromatic rings. The summed E-state index contributed by atoms with van der Waals surface area (Å²) < 4.78 is 1.80. The van der Waals surface area contributed by atoms with Gasteiger partial charge < -0.3 is 19.6 Å². The number of carbonyl (C=O) groups is 1. The molecule has 0 saturated carbocycles. The number of aromatic nitrogens is 2. The van der Waals surface area contributed by atoms with Crippen LogP contribution in [0.4, 0.5) is 0 Å². The molecular weight excluding hydrogens is 415 g/mol. The number of aliphatic hydroxyl groups is 1. The van der Waals surface area contributed by atoms with E-state index in [4.69, 9.17) is 5.11 Å². The largest absolute Gasteiger partial charge is 1.00 e. The number of carbonyl (C=O) groups excluding carboxylic acids is 1. The zero-order chi connectivity index (χ0) is 12.6. The van der Waals surface area contributed by atoms with E-state index in [2.05, 4.69) is 4.98 Å². The number of carboxylic acids is 1. The summed E-state index contributed by atoms with van der Waals surface area (Å²) >= 11 is 0. The van der Waals surface area contributed by atoms with Crippen molar-refractivity contribution < 1.29 is 65.6 Å². The van der Waals surface area contributed by atoms with Crippen molar-refractivity contribution in [2.75, 3.05) is 6.61 Å². The van der Waals surface area contributed by atoms with Crippen molar-refractivity contribution in [1.82, 2.24) is 9.55 Å². The van der Waals surface area contributed by atoms with Crippen molar-refractivity contribution in [3.8, 4) is 0 Å². The normalized spacial score (nSPS) is 10.2. The summed E-state index contributed by atoms with van der Waals surface area (Å²) in [6, 6.07) is 0. The maximum Gasteiger partial charge on any atom is 1.00 e. The molecule has 5 nitrogen and oxygen atoms in total. The topological polar surface area (TPSA) is 78.2 Å². The standard InChI is InChI=1S/C9H14N2O3.C2H6.Na.W/c1-11-6-10-4-8(11)2-7(5-12)3-9(13)14;1-2;;/h4,6-7,12H,2-3,5H2,1H3,(H,13,14);1-2H3;;/q;;+1;/p-1. The van der Waals surface area contributed by atoms with E-state index in [1.54, 1.807) is 17.1 Å². The Kier molecular flexibility index (Phi) is 17.9. The molecule has 0 aliphatic heterocycles. The fourth-order valence-corrected chi connectivity index (χ4v) is 1.31. The van der Waals surface area contributed by atoms with E-state index < -0.39 is 5.97 Å². The van der Waals surface area contributed by atoms with Crippen molar-refractivity contribution in [3.05, 3.63) is 18.2 Å². The smallest absolute Gasteiger partial charge is 0.550 e. The minimum atomic E-state index is -1.13. The molecule has 0 bridgehead atoms. The molecule has 1 unspecified atom stereocenters. The Morgan fingerprint density at radius 2 is 2.11 bits per heavy atom. The van der Waals surface area contributed by atoms with Crippen LogP contribution in [0.5, 0.6) is 0 Å². The monoisotopic (exact) mass is 434 g/mol. The van der Waals surface area contributed by atoms with Crippen molar-refractivity contribution in [2.45, 2.75) is 26.7 Å². The first kappa shape index (κ1) is 23.4. The van der Waals surface area contributed by atoms with Gasteiger partial charge in [-0.25, -0.2) is 4.98 Å². The SMILES string of the molecule is CC.Cn1cncc1CC(CO)CC(=O)[O-].[Na+].[W]. The second kappa shape index (κ2) is 13.8. The number of aliphatic carboxylic acids is 1. The van der Waals surface area contributed by atoms with Gasteiger partial charge >= 0.3 is 29.6 Å². The van der Waals surface area contributed by atoms with Gasteiger partial charge in [0.25, 0.3) is 0 Å². The number of hydrogen-bond acceptors (Lipinski definition) is 4.